The Hall–Kier alpha value is 0.250. The SMILES string of the molecule is CS(=O)(=O)CCCN(CCBr)CC(F)F. The molecule has 92 valence electrons. The molecular formula is C8H16BrF2NO2S. The molecule has 0 saturated carbocycles. The minimum Gasteiger partial charge on any atom is -0.297 e. The minimum absolute atomic E-state index is 0.0506. The van der Waals surface area contributed by atoms with Gasteiger partial charge in [-0.1, -0.05) is 15.9 Å². The molecule has 0 aliphatic heterocycles. The van der Waals surface area contributed by atoms with Gasteiger partial charge in [0.1, 0.15) is 9.84 Å². The molecule has 0 aliphatic carbocycles. The molecule has 0 fully saturated rings. The third kappa shape index (κ3) is 10.5. The van der Waals surface area contributed by atoms with Gasteiger partial charge in [-0.25, -0.2) is 17.2 Å². The van der Waals surface area contributed by atoms with Crippen molar-refractivity contribution in [2.75, 3.05) is 37.0 Å². The molecule has 0 amide bonds. The molecule has 0 bridgehead atoms. The fourth-order valence-electron chi connectivity index (χ4n) is 1.16. The van der Waals surface area contributed by atoms with E-state index in [1.54, 1.807) is 4.90 Å². The van der Waals surface area contributed by atoms with Gasteiger partial charge >= 0.3 is 0 Å². The number of hydrogen-bond donors (Lipinski definition) is 0. The average molecular weight is 308 g/mol. The Morgan fingerprint density at radius 1 is 1.33 bits per heavy atom. The molecule has 0 N–H and O–H groups in total. The van der Waals surface area contributed by atoms with Gasteiger partial charge in [0.2, 0.25) is 0 Å². The lowest BCUT2D eigenvalue weighted by Crippen LogP contribution is -2.32. The molecular weight excluding hydrogens is 292 g/mol. The monoisotopic (exact) mass is 307 g/mol. The summed E-state index contributed by atoms with van der Waals surface area (Å²) < 4.78 is 45.8. The summed E-state index contributed by atoms with van der Waals surface area (Å²) >= 11 is 3.17. The molecule has 0 spiro atoms. The number of sulfone groups is 1. The topological polar surface area (TPSA) is 37.4 Å². The van der Waals surface area contributed by atoms with Crippen molar-refractivity contribution in [3.8, 4) is 0 Å². The van der Waals surface area contributed by atoms with Crippen LogP contribution in [0.3, 0.4) is 0 Å². The van der Waals surface area contributed by atoms with Crippen LogP contribution in [0.4, 0.5) is 8.78 Å². The Balaban J connectivity index is 3.85. The molecule has 15 heavy (non-hydrogen) atoms. The Labute approximate surface area is 97.9 Å². The van der Waals surface area contributed by atoms with Gasteiger partial charge < -0.3 is 0 Å². The molecule has 7 heteroatoms. The van der Waals surface area contributed by atoms with Crippen molar-refractivity contribution in [1.29, 1.82) is 0 Å². The van der Waals surface area contributed by atoms with E-state index in [0.29, 0.717) is 24.8 Å². The lowest BCUT2D eigenvalue weighted by atomic mass is 10.4. The third-order valence-corrected chi connectivity index (χ3v) is 3.17. The van der Waals surface area contributed by atoms with E-state index in [4.69, 9.17) is 0 Å². The highest BCUT2D eigenvalue weighted by Gasteiger charge is 2.12. The van der Waals surface area contributed by atoms with E-state index in [2.05, 4.69) is 15.9 Å². The minimum atomic E-state index is -2.99. The van der Waals surface area contributed by atoms with E-state index in [0.717, 1.165) is 6.26 Å². The fraction of sp³-hybridized carbons (Fsp3) is 1.00. The Morgan fingerprint density at radius 2 is 1.93 bits per heavy atom. The van der Waals surface area contributed by atoms with E-state index < -0.39 is 16.3 Å². The molecule has 0 aromatic carbocycles. The van der Waals surface area contributed by atoms with Crippen molar-refractivity contribution in [1.82, 2.24) is 4.90 Å². The van der Waals surface area contributed by atoms with Crippen molar-refractivity contribution in [3.63, 3.8) is 0 Å². The van der Waals surface area contributed by atoms with Crippen molar-refractivity contribution in [3.05, 3.63) is 0 Å². The summed E-state index contributed by atoms with van der Waals surface area (Å²) in [5.41, 5.74) is 0. The van der Waals surface area contributed by atoms with Crippen LogP contribution >= 0.6 is 15.9 Å². The summed E-state index contributed by atoms with van der Waals surface area (Å²) in [6, 6.07) is 0. The number of halogens is 3. The van der Waals surface area contributed by atoms with Gasteiger partial charge in [0.05, 0.1) is 12.3 Å². The lowest BCUT2D eigenvalue weighted by Gasteiger charge is -2.20. The summed E-state index contributed by atoms with van der Waals surface area (Å²) in [6.07, 6.45) is -0.824. The zero-order chi connectivity index (χ0) is 11.9. The summed E-state index contributed by atoms with van der Waals surface area (Å²) in [6.45, 7) is 0.604. The van der Waals surface area contributed by atoms with Gasteiger partial charge in [0.15, 0.2) is 0 Å². The first kappa shape index (κ1) is 15.2. The molecule has 0 aromatic heterocycles. The van der Waals surface area contributed by atoms with E-state index in [9.17, 15) is 17.2 Å². The quantitative estimate of drug-likeness (QED) is 0.636. The highest BCUT2D eigenvalue weighted by atomic mass is 79.9. The second-order valence-corrected chi connectivity index (χ2v) is 6.42. The van der Waals surface area contributed by atoms with Crippen LogP contribution in [0.25, 0.3) is 0 Å². The van der Waals surface area contributed by atoms with Crippen LogP contribution in [0.15, 0.2) is 0 Å². The second-order valence-electron chi connectivity index (χ2n) is 3.36. The molecule has 0 aromatic rings. The van der Waals surface area contributed by atoms with Crippen molar-refractivity contribution < 1.29 is 17.2 Å². The van der Waals surface area contributed by atoms with Crippen molar-refractivity contribution in [2.45, 2.75) is 12.8 Å². The largest absolute Gasteiger partial charge is 0.297 e. The molecule has 0 radical (unpaired) electrons. The van der Waals surface area contributed by atoms with Crippen LogP contribution in [0.1, 0.15) is 6.42 Å². The molecule has 0 atom stereocenters. The summed E-state index contributed by atoms with van der Waals surface area (Å²) in [4.78, 5) is 1.56. The molecule has 0 rings (SSSR count). The maximum absolute atomic E-state index is 12.1. The standard InChI is InChI=1S/C8H16BrF2NO2S/c1-15(13,14)6-2-4-12(5-3-9)7-8(10)11/h8H,2-7H2,1H3. The van der Waals surface area contributed by atoms with Gasteiger partial charge in [0.25, 0.3) is 6.43 Å². The van der Waals surface area contributed by atoms with Crippen molar-refractivity contribution >= 4 is 25.8 Å². The Bertz CT molecular complexity index is 259. The summed E-state index contributed by atoms with van der Waals surface area (Å²) in [5.74, 6) is 0.0506. The van der Waals surface area contributed by atoms with E-state index >= 15 is 0 Å². The predicted molar refractivity (Wildman–Crippen MR) is 60.6 cm³/mol. The van der Waals surface area contributed by atoms with Gasteiger partial charge in [-0.05, 0) is 13.0 Å². The first-order chi connectivity index (χ1) is 6.85. The van der Waals surface area contributed by atoms with Gasteiger partial charge in [-0.2, -0.15) is 0 Å². The van der Waals surface area contributed by atoms with E-state index in [1.807, 2.05) is 0 Å². The zero-order valence-electron chi connectivity index (χ0n) is 8.63. The molecule has 3 nitrogen and oxygen atoms in total. The molecule has 0 saturated heterocycles. The number of hydrogen-bond acceptors (Lipinski definition) is 3. The van der Waals surface area contributed by atoms with Crippen LogP contribution < -0.4 is 0 Å². The molecule has 0 heterocycles. The van der Waals surface area contributed by atoms with E-state index in [1.165, 1.54) is 0 Å². The second kappa shape index (κ2) is 7.51. The van der Waals surface area contributed by atoms with Crippen LogP contribution in [0.2, 0.25) is 0 Å². The van der Waals surface area contributed by atoms with Crippen LogP contribution in [0.5, 0.6) is 0 Å². The van der Waals surface area contributed by atoms with Crippen LogP contribution in [-0.4, -0.2) is 56.7 Å². The molecule has 0 aliphatic rings. The first-order valence-electron chi connectivity index (χ1n) is 4.59. The fourth-order valence-corrected chi connectivity index (χ4v) is 2.31. The van der Waals surface area contributed by atoms with Gasteiger partial charge in [-0.3, -0.25) is 4.90 Å². The van der Waals surface area contributed by atoms with E-state index in [-0.39, 0.29) is 12.3 Å². The summed E-state index contributed by atoms with van der Waals surface area (Å²) in [5, 5.41) is 0.610. The highest BCUT2D eigenvalue weighted by molar-refractivity contribution is 9.09. The maximum Gasteiger partial charge on any atom is 0.251 e. The third-order valence-electron chi connectivity index (χ3n) is 1.79. The van der Waals surface area contributed by atoms with Crippen LogP contribution in [0, 0.1) is 0 Å². The summed E-state index contributed by atoms with van der Waals surface area (Å²) in [7, 11) is -2.99. The van der Waals surface area contributed by atoms with Gasteiger partial charge in [-0.15, -0.1) is 0 Å². The smallest absolute Gasteiger partial charge is 0.251 e. The number of alkyl halides is 3. The Kier molecular flexibility index (Phi) is 7.64. The predicted octanol–water partition coefficient (Wildman–Crippen LogP) is 1.38. The average Bonchev–Trinajstić information content (AvgIpc) is 2.00. The van der Waals surface area contributed by atoms with Crippen molar-refractivity contribution in [2.24, 2.45) is 0 Å². The number of rotatable bonds is 8. The lowest BCUT2D eigenvalue weighted by molar-refractivity contribution is 0.0916. The first-order valence-corrected chi connectivity index (χ1v) is 7.77. The normalized spacial score (nSPS) is 12.7. The van der Waals surface area contributed by atoms with Gasteiger partial charge in [0, 0.05) is 18.1 Å². The molecule has 0 unspecified atom stereocenters. The Morgan fingerprint density at radius 3 is 2.33 bits per heavy atom. The zero-order valence-corrected chi connectivity index (χ0v) is 11.0. The highest BCUT2D eigenvalue weighted by Crippen LogP contribution is 2.01. The van der Waals surface area contributed by atoms with Crippen LogP contribution in [-0.2, 0) is 9.84 Å². The maximum atomic E-state index is 12.1. The number of nitrogens with zero attached hydrogens (tertiary/aromatic N) is 1.